The Morgan fingerprint density at radius 3 is 2.49 bits per heavy atom. The van der Waals surface area contributed by atoms with Crippen LogP contribution in [0.4, 0.5) is 0 Å². The van der Waals surface area contributed by atoms with Crippen LogP contribution >= 0.6 is 0 Å². The Balaban J connectivity index is 1.56. The van der Waals surface area contributed by atoms with Crippen molar-refractivity contribution in [3.05, 3.63) is 24.2 Å². The first kappa shape index (κ1) is 25.0. The summed E-state index contributed by atoms with van der Waals surface area (Å²) in [6.07, 6.45) is 1.51. The molecular formula is C27H34O10. The highest BCUT2D eigenvalue weighted by molar-refractivity contribution is 5.96. The molecule has 10 atom stereocenters. The molecule has 5 fully saturated rings. The molecule has 3 N–H and O–H groups in total. The number of rotatable bonds is 3. The molecule has 37 heavy (non-hydrogen) atoms. The van der Waals surface area contributed by atoms with Crippen molar-refractivity contribution >= 4 is 17.7 Å². The quantitative estimate of drug-likeness (QED) is 0.504. The van der Waals surface area contributed by atoms with E-state index in [-0.39, 0.29) is 12.8 Å². The second-order valence-electron chi connectivity index (χ2n) is 12.8. The van der Waals surface area contributed by atoms with Gasteiger partial charge in [0.2, 0.25) is 5.79 Å². The number of aliphatic hydroxyl groups is 3. The summed E-state index contributed by atoms with van der Waals surface area (Å²) < 4.78 is 22.5. The third-order valence-corrected chi connectivity index (χ3v) is 11.0. The van der Waals surface area contributed by atoms with Gasteiger partial charge in [-0.15, -0.1) is 0 Å². The summed E-state index contributed by atoms with van der Waals surface area (Å²) in [4.78, 5) is 39.6. The summed E-state index contributed by atoms with van der Waals surface area (Å²) in [7, 11) is 1.14. The highest BCUT2D eigenvalue weighted by atomic mass is 16.7. The number of hydrogen-bond acceptors (Lipinski definition) is 10. The van der Waals surface area contributed by atoms with Gasteiger partial charge in [0, 0.05) is 40.1 Å². The normalized spacial score (nSPS) is 50.2. The molecule has 6 rings (SSSR count). The predicted octanol–water partition coefficient (Wildman–Crippen LogP) is 1.66. The number of esters is 2. The number of carbonyl (C=O) groups excluding carboxylic acids is 3. The van der Waals surface area contributed by atoms with Gasteiger partial charge in [0.05, 0.1) is 31.7 Å². The molecule has 0 aromatic carbocycles. The Kier molecular flexibility index (Phi) is 4.75. The molecule has 0 radical (unpaired) electrons. The van der Waals surface area contributed by atoms with Crippen molar-refractivity contribution in [3.63, 3.8) is 0 Å². The predicted molar refractivity (Wildman–Crippen MR) is 123 cm³/mol. The maximum Gasteiger partial charge on any atom is 0.335 e. The van der Waals surface area contributed by atoms with Gasteiger partial charge >= 0.3 is 11.9 Å². The van der Waals surface area contributed by atoms with Crippen molar-refractivity contribution < 1.29 is 48.3 Å². The third-order valence-electron chi connectivity index (χ3n) is 11.0. The zero-order valence-corrected chi connectivity index (χ0v) is 21.6. The van der Waals surface area contributed by atoms with Crippen molar-refractivity contribution in [2.24, 2.45) is 34.0 Å². The van der Waals surface area contributed by atoms with Crippen LogP contribution < -0.4 is 0 Å². The van der Waals surface area contributed by atoms with Gasteiger partial charge in [-0.1, -0.05) is 27.7 Å². The molecule has 2 bridgehead atoms. The third kappa shape index (κ3) is 2.49. The van der Waals surface area contributed by atoms with E-state index in [2.05, 4.69) is 0 Å². The molecular weight excluding hydrogens is 484 g/mol. The molecule has 4 heterocycles. The zero-order valence-electron chi connectivity index (χ0n) is 21.6. The summed E-state index contributed by atoms with van der Waals surface area (Å²) >= 11 is 0. The molecule has 3 aliphatic heterocycles. The van der Waals surface area contributed by atoms with Gasteiger partial charge in [0.15, 0.2) is 17.5 Å². The number of methoxy groups -OCH3 is 1. The lowest BCUT2D eigenvalue weighted by Crippen LogP contribution is -2.80. The fraction of sp³-hybridized carbons (Fsp3) is 0.741. The maximum absolute atomic E-state index is 14.0. The van der Waals surface area contributed by atoms with Crippen LogP contribution in [0.3, 0.4) is 0 Å². The monoisotopic (exact) mass is 518 g/mol. The molecule has 1 aromatic rings. The van der Waals surface area contributed by atoms with Crippen molar-refractivity contribution in [1.29, 1.82) is 0 Å². The number of ether oxygens (including phenoxy) is 3. The van der Waals surface area contributed by atoms with E-state index in [0.29, 0.717) is 18.4 Å². The molecule has 0 unspecified atom stereocenters. The number of hydrogen-bond donors (Lipinski definition) is 3. The van der Waals surface area contributed by atoms with Gasteiger partial charge < -0.3 is 33.9 Å². The molecule has 1 aromatic heterocycles. The van der Waals surface area contributed by atoms with Crippen LogP contribution in [0.25, 0.3) is 0 Å². The second-order valence-corrected chi connectivity index (χ2v) is 12.8. The van der Waals surface area contributed by atoms with Crippen molar-refractivity contribution in [2.75, 3.05) is 7.11 Å². The van der Waals surface area contributed by atoms with Crippen LogP contribution in [-0.4, -0.2) is 63.2 Å². The lowest BCUT2D eigenvalue weighted by Gasteiger charge is -2.66. The van der Waals surface area contributed by atoms with Gasteiger partial charge in [-0.3, -0.25) is 9.59 Å². The number of fused-ring (bicyclic) bond motifs is 2. The van der Waals surface area contributed by atoms with Gasteiger partial charge in [-0.2, -0.15) is 0 Å². The molecule has 0 amide bonds. The highest BCUT2D eigenvalue weighted by Gasteiger charge is 2.92. The van der Waals surface area contributed by atoms with Gasteiger partial charge in [-0.25, -0.2) is 4.79 Å². The van der Waals surface area contributed by atoms with Crippen LogP contribution in [0.2, 0.25) is 0 Å². The Morgan fingerprint density at radius 1 is 1.16 bits per heavy atom. The Hall–Kier alpha value is -2.27. The van der Waals surface area contributed by atoms with Crippen LogP contribution in [0.15, 0.2) is 23.0 Å². The molecule has 10 heteroatoms. The lowest BCUT2D eigenvalue weighted by atomic mass is 9.36. The minimum absolute atomic E-state index is 0.0224. The second kappa shape index (κ2) is 7.02. The topological polar surface area (TPSA) is 153 Å². The Morgan fingerprint density at radius 2 is 1.86 bits per heavy atom. The molecule has 202 valence electrons. The molecule has 10 nitrogen and oxygen atoms in total. The Bertz CT molecular complexity index is 1190. The summed E-state index contributed by atoms with van der Waals surface area (Å²) in [6.45, 7) is 6.84. The first-order valence-corrected chi connectivity index (χ1v) is 12.8. The minimum Gasteiger partial charge on any atom is -0.472 e. The minimum atomic E-state index is -2.38. The number of cyclic esters (lactones) is 1. The van der Waals surface area contributed by atoms with Crippen molar-refractivity contribution in [2.45, 2.75) is 82.6 Å². The van der Waals surface area contributed by atoms with Gasteiger partial charge in [-0.05, 0) is 24.8 Å². The first-order valence-electron chi connectivity index (χ1n) is 12.8. The number of carbonyl (C=O) groups is 3. The van der Waals surface area contributed by atoms with E-state index in [0.717, 1.165) is 7.11 Å². The summed E-state index contributed by atoms with van der Waals surface area (Å²) in [5.41, 5.74) is -6.33. The molecule has 1 spiro atoms. The van der Waals surface area contributed by atoms with E-state index < -0.39 is 80.9 Å². The average molecular weight is 519 g/mol. The number of Topliss-reactive ketones (excluding diaryl/α,β-unsaturated/α-hetero) is 1. The largest absolute Gasteiger partial charge is 0.472 e. The Labute approximate surface area is 214 Å². The number of furan rings is 1. The number of aliphatic hydroxyl groups excluding tert-OH is 1. The van der Waals surface area contributed by atoms with E-state index in [9.17, 15) is 29.7 Å². The maximum atomic E-state index is 14.0. The lowest BCUT2D eigenvalue weighted by molar-refractivity contribution is -0.328. The van der Waals surface area contributed by atoms with E-state index in [1.807, 2.05) is 6.92 Å². The molecule has 5 aliphatic rings. The van der Waals surface area contributed by atoms with Crippen molar-refractivity contribution in [1.82, 2.24) is 0 Å². The summed E-state index contributed by atoms with van der Waals surface area (Å²) in [5, 5.41) is 35.5. The van der Waals surface area contributed by atoms with Crippen molar-refractivity contribution in [3.8, 4) is 0 Å². The van der Waals surface area contributed by atoms with E-state index in [4.69, 9.17) is 18.6 Å². The molecule has 3 saturated heterocycles. The van der Waals surface area contributed by atoms with E-state index in [1.165, 1.54) is 12.5 Å². The summed E-state index contributed by atoms with van der Waals surface area (Å²) in [6, 6.07) is 1.74. The van der Waals surface area contributed by atoms with Crippen LogP contribution in [0.1, 0.15) is 65.0 Å². The smallest absolute Gasteiger partial charge is 0.335 e. The van der Waals surface area contributed by atoms with Crippen LogP contribution in [0, 0.1) is 34.0 Å². The zero-order chi connectivity index (χ0) is 27.0. The standard InChI is InChI=1S/C27H34O10/c1-22(2)18(17(29)20(30)34-5)24(4)14-6-8-23(3)15(10-16(28)36-19(23)13-7-9-35-11-13)25(14)12-26(32,21(22)31)27(24,33)37-25/h7,9,11,14-15,17-19,29,32-33H,6,8,10,12H2,1-5H3/t14-,15-,17+,18+,19+,23-,24-,25-,26-,27-/m1/s1. The summed E-state index contributed by atoms with van der Waals surface area (Å²) in [5.74, 6) is -6.59. The van der Waals surface area contributed by atoms with Crippen LogP contribution in [0.5, 0.6) is 0 Å². The first-order chi connectivity index (χ1) is 17.1. The van der Waals surface area contributed by atoms with Crippen LogP contribution in [-0.2, 0) is 28.6 Å². The average Bonchev–Trinajstić information content (AvgIpc) is 3.49. The fourth-order valence-electron chi connectivity index (χ4n) is 9.72. The molecule has 2 saturated carbocycles. The number of ketones is 1. The molecule has 2 aliphatic carbocycles. The van der Waals surface area contributed by atoms with E-state index in [1.54, 1.807) is 26.8 Å². The SMILES string of the molecule is COC(=O)[C@@H](O)[C@H]1C(C)(C)C(=O)[C@]2(O)C[C@@]34O[C@]2(O)[C@]1(C)[C@H]3CC[C@]1(C)[C@H]4CC(=O)O[C@H]1c1ccoc1. The van der Waals surface area contributed by atoms with Gasteiger partial charge in [0.25, 0.3) is 0 Å². The van der Waals surface area contributed by atoms with E-state index >= 15 is 0 Å². The fourth-order valence-corrected chi connectivity index (χ4v) is 9.72. The van der Waals surface area contributed by atoms with Gasteiger partial charge in [0.1, 0.15) is 6.10 Å². The highest BCUT2D eigenvalue weighted by Crippen LogP contribution is 2.81.